The summed E-state index contributed by atoms with van der Waals surface area (Å²) in [7, 11) is 0. The lowest BCUT2D eigenvalue weighted by Gasteiger charge is -2.38. The van der Waals surface area contributed by atoms with Crippen LogP contribution in [-0.4, -0.2) is 36.4 Å². The highest BCUT2D eigenvalue weighted by Gasteiger charge is 2.56. The largest absolute Gasteiger partial charge is 0.392 e. The highest BCUT2D eigenvalue weighted by atomic mass is 19.4. The van der Waals surface area contributed by atoms with E-state index in [9.17, 15) is 26.3 Å². The van der Waals surface area contributed by atoms with E-state index >= 15 is 0 Å². The van der Waals surface area contributed by atoms with Crippen molar-refractivity contribution in [2.24, 2.45) is 11.8 Å². The van der Waals surface area contributed by atoms with Gasteiger partial charge in [-0.2, -0.15) is 26.3 Å². The minimum absolute atomic E-state index is 0.126. The minimum atomic E-state index is -4.85. The van der Waals surface area contributed by atoms with Gasteiger partial charge in [-0.25, -0.2) is 0 Å². The highest BCUT2D eigenvalue weighted by molar-refractivity contribution is 5.26. The number of benzene rings is 2. The summed E-state index contributed by atoms with van der Waals surface area (Å²) in [5.74, 6) is -5.14. The first-order valence-corrected chi connectivity index (χ1v) is 13.5. The van der Waals surface area contributed by atoms with Crippen molar-refractivity contribution in [3.63, 3.8) is 0 Å². The Labute approximate surface area is 217 Å². The summed E-state index contributed by atoms with van der Waals surface area (Å²) in [6.45, 7) is 6.42. The average Bonchev–Trinajstić information content (AvgIpc) is 2.87. The molecule has 0 spiro atoms. The lowest BCUT2D eigenvalue weighted by atomic mass is 9.71. The van der Waals surface area contributed by atoms with E-state index in [2.05, 4.69) is 43.0 Å². The standard InChI is InChI=1S/C30H39F6N/c1-3-19-37(20-18-22-8-6-5-7-9-22)26(4-2)16-12-23-10-13-24(14-11-23)25-15-17-27(29(31,32)33)28(21-25)30(34,35)36/h5-11,13-14,25-28H,3-4,12,15-21H2,1-2H3. The molecular weight excluding hydrogens is 488 g/mol. The first-order chi connectivity index (χ1) is 17.5. The van der Waals surface area contributed by atoms with E-state index in [0.717, 1.165) is 50.8 Å². The zero-order chi connectivity index (χ0) is 27.1. The molecule has 206 valence electrons. The van der Waals surface area contributed by atoms with Crippen LogP contribution in [0.3, 0.4) is 0 Å². The molecule has 37 heavy (non-hydrogen) atoms. The molecule has 0 bridgehead atoms. The SMILES string of the molecule is CCCN(CCc1ccccc1)C(CC)CCc1ccc(C2CCC(C(F)(F)F)C(C(F)(F)F)C2)cc1. The molecule has 1 aliphatic carbocycles. The Hall–Kier alpha value is -2.02. The van der Waals surface area contributed by atoms with Gasteiger partial charge in [-0.3, -0.25) is 0 Å². The molecule has 0 aliphatic heterocycles. The maximum absolute atomic E-state index is 13.5. The fourth-order valence-electron chi connectivity index (χ4n) is 5.84. The fourth-order valence-corrected chi connectivity index (χ4v) is 5.84. The Morgan fingerprint density at radius 1 is 0.757 bits per heavy atom. The molecule has 1 saturated carbocycles. The molecule has 3 rings (SSSR count). The van der Waals surface area contributed by atoms with Crippen molar-refractivity contribution < 1.29 is 26.3 Å². The van der Waals surface area contributed by atoms with Crippen molar-refractivity contribution in [2.75, 3.05) is 13.1 Å². The van der Waals surface area contributed by atoms with Crippen LogP contribution in [-0.2, 0) is 12.8 Å². The van der Waals surface area contributed by atoms with Crippen molar-refractivity contribution in [3.8, 4) is 0 Å². The van der Waals surface area contributed by atoms with Crippen LogP contribution in [0.5, 0.6) is 0 Å². The fraction of sp³-hybridized carbons (Fsp3) is 0.600. The van der Waals surface area contributed by atoms with Crippen LogP contribution in [0.4, 0.5) is 26.3 Å². The maximum atomic E-state index is 13.5. The van der Waals surface area contributed by atoms with Crippen LogP contribution in [0, 0.1) is 11.8 Å². The summed E-state index contributed by atoms with van der Waals surface area (Å²) in [4.78, 5) is 2.55. The molecule has 0 radical (unpaired) electrons. The Kier molecular flexibility index (Phi) is 10.5. The van der Waals surface area contributed by atoms with Crippen molar-refractivity contribution in [1.82, 2.24) is 4.90 Å². The summed E-state index contributed by atoms with van der Waals surface area (Å²) in [5.41, 5.74) is 3.14. The molecule has 0 heterocycles. The summed E-state index contributed by atoms with van der Waals surface area (Å²) >= 11 is 0. The predicted octanol–water partition coefficient (Wildman–Crippen LogP) is 8.98. The molecule has 0 saturated heterocycles. The molecule has 2 aromatic carbocycles. The van der Waals surface area contributed by atoms with E-state index in [-0.39, 0.29) is 6.42 Å². The van der Waals surface area contributed by atoms with E-state index in [1.54, 1.807) is 0 Å². The summed E-state index contributed by atoms with van der Waals surface area (Å²) in [6.07, 6.45) is -5.57. The molecule has 0 N–H and O–H groups in total. The van der Waals surface area contributed by atoms with Gasteiger partial charge < -0.3 is 4.90 Å². The second-order valence-electron chi connectivity index (χ2n) is 10.4. The third-order valence-corrected chi connectivity index (χ3v) is 7.94. The molecule has 1 nitrogen and oxygen atoms in total. The van der Waals surface area contributed by atoms with Crippen LogP contribution in [0.15, 0.2) is 54.6 Å². The first-order valence-electron chi connectivity index (χ1n) is 13.5. The molecular formula is C30H39F6N. The Morgan fingerprint density at radius 2 is 1.38 bits per heavy atom. The van der Waals surface area contributed by atoms with Crippen molar-refractivity contribution in [2.45, 2.75) is 89.5 Å². The number of rotatable bonds is 11. The third kappa shape index (κ3) is 8.49. The quantitative estimate of drug-likeness (QED) is 0.264. The lowest BCUT2D eigenvalue weighted by Crippen LogP contribution is -2.42. The number of aryl methyl sites for hydroxylation is 1. The van der Waals surface area contributed by atoms with Crippen molar-refractivity contribution >= 4 is 0 Å². The first kappa shape index (κ1) is 29.5. The van der Waals surface area contributed by atoms with Gasteiger partial charge in [0.25, 0.3) is 0 Å². The maximum Gasteiger partial charge on any atom is 0.392 e. The highest BCUT2D eigenvalue weighted by Crippen LogP contribution is 2.52. The Morgan fingerprint density at radius 3 is 1.95 bits per heavy atom. The third-order valence-electron chi connectivity index (χ3n) is 7.94. The van der Waals surface area contributed by atoms with Gasteiger partial charge in [0, 0.05) is 12.6 Å². The number of hydrogen-bond acceptors (Lipinski definition) is 1. The van der Waals surface area contributed by atoms with Crippen molar-refractivity contribution in [3.05, 3.63) is 71.3 Å². The molecule has 2 aromatic rings. The van der Waals surface area contributed by atoms with Crippen molar-refractivity contribution in [1.29, 1.82) is 0 Å². The molecule has 4 unspecified atom stereocenters. The average molecular weight is 528 g/mol. The van der Waals surface area contributed by atoms with E-state index in [1.807, 2.05) is 30.3 Å². The summed E-state index contributed by atoms with van der Waals surface area (Å²) in [6, 6.07) is 18.4. The van der Waals surface area contributed by atoms with Gasteiger partial charge in [-0.05, 0) is 80.5 Å². The van der Waals surface area contributed by atoms with Gasteiger partial charge in [0.2, 0.25) is 0 Å². The Bertz CT molecular complexity index is 922. The van der Waals surface area contributed by atoms with Crippen LogP contribution in [0.2, 0.25) is 0 Å². The molecule has 1 fully saturated rings. The second-order valence-corrected chi connectivity index (χ2v) is 10.4. The van der Waals surface area contributed by atoms with Crippen LogP contribution >= 0.6 is 0 Å². The smallest absolute Gasteiger partial charge is 0.300 e. The molecule has 4 atom stereocenters. The van der Waals surface area contributed by atoms with E-state index < -0.39 is 42.9 Å². The lowest BCUT2D eigenvalue weighted by molar-refractivity contribution is -0.263. The van der Waals surface area contributed by atoms with E-state index in [4.69, 9.17) is 0 Å². The number of nitrogens with zero attached hydrogens (tertiary/aromatic N) is 1. The summed E-state index contributed by atoms with van der Waals surface area (Å²) < 4.78 is 80.0. The van der Waals surface area contributed by atoms with Gasteiger partial charge in [0.1, 0.15) is 0 Å². The molecule has 1 aliphatic rings. The second kappa shape index (κ2) is 13.2. The number of alkyl halides is 6. The van der Waals surface area contributed by atoms with Gasteiger partial charge in [0.15, 0.2) is 0 Å². The zero-order valence-corrected chi connectivity index (χ0v) is 21.8. The monoisotopic (exact) mass is 527 g/mol. The van der Waals surface area contributed by atoms with Gasteiger partial charge >= 0.3 is 12.4 Å². The molecule has 7 heteroatoms. The van der Waals surface area contributed by atoms with Gasteiger partial charge in [0.05, 0.1) is 11.8 Å². The van der Waals surface area contributed by atoms with E-state index in [0.29, 0.717) is 11.6 Å². The van der Waals surface area contributed by atoms with Crippen LogP contribution in [0.25, 0.3) is 0 Å². The molecule has 0 amide bonds. The van der Waals surface area contributed by atoms with Gasteiger partial charge in [-0.1, -0.05) is 68.4 Å². The number of hydrogen-bond donors (Lipinski definition) is 0. The summed E-state index contributed by atoms with van der Waals surface area (Å²) in [5, 5.41) is 0. The normalized spacial score (nSPS) is 21.8. The van der Waals surface area contributed by atoms with E-state index in [1.165, 1.54) is 5.56 Å². The minimum Gasteiger partial charge on any atom is -0.300 e. The Balaban J connectivity index is 1.59. The predicted molar refractivity (Wildman–Crippen MR) is 137 cm³/mol. The zero-order valence-electron chi connectivity index (χ0n) is 21.8. The van der Waals surface area contributed by atoms with Gasteiger partial charge in [-0.15, -0.1) is 0 Å². The topological polar surface area (TPSA) is 3.24 Å². The van der Waals surface area contributed by atoms with Crippen LogP contribution < -0.4 is 0 Å². The van der Waals surface area contributed by atoms with Crippen LogP contribution in [0.1, 0.15) is 75.0 Å². The molecule has 0 aromatic heterocycles. The number of halogens is 6.